The van der Waals surface area contributed by atoms with E-state index >= 15 is 0 Å². The van der Waals surface area contributed by atoms with E-state index < -0.39 is 0 Å². The molecule has 0 spiro atoms. The Hall–Kier alpha value is -1.19. The van der Waals surface area contributed by atoms with Gasteiger partial charge in [0.05, 0.1) is 5.92 Å². The van der Waals surface area contributed by atoms with Crippen molar-refractivity contribution in [3.8, 4) is 0 Å². The molecule has 4 heteroatoms. The monoisotopic (exact) mass is 210 g/mol. The number of aromatic nitrogens is 2. The van der Waals surface area contributed by atoms with Gasteiger partial charge in [0.1, 0.15) is 5.78 Å². The van der Waals surface area contributed by atoms with E-state index in [9.17, 15) is 4.79 Å². The third-order valence-electron chi connectivity index (χ3n) is 2.27. The normalized spacial score (nSPS) is 13.1. The molecule has 0 saturated heterocycles. The lowest BCUT2D eigenvalue weighted by Crippen LogP contribution is -2.08. The third-order valence-corrected chi connectivity index (χ3v) is 2.27. The Bertz CT molecular complexity index is 331. The minimum Gasteiger partial charge on any atom is -0.339 e. The van der Waals surface area contributed by atoms with Gasteiger partial charge in [0.15, 0.2) is 5.82 Å². The van der Waals surface area contributed by atoms with Crippen molar-refractivity contribution in [2.24, 2.45) is 5.92 Å². The van der Waals surface area contributed by atoms with Gasteiger partial charge < -0.3 is 4.52 Å². The number of hydrogen-bond acceptors (Lipinski definition) is 4. The van der Waals surface area contributed by atoms with Gasteiger partial charge in [-0.2, -0.15) is 4.98 Å². The number of rotatable bonds is 5. The minimum atomic E-state index is -0.238. The van der Waals surface area contributed by atoms with E-state index in [1.165, 1.54) is 0 Å². The Morgan fingerprint density at radius 3 is 2.60 bits per heavy atom. The number of Topliss-reactive ketones (excluding diaryl/α,β-unsaturated/α-hetero) is 1. The van der Waals surface area contributed by atoms with Crippen LogP contribution in [0, 0.1) is 5.92 Å². The maximum atomic E-state index is 11.3. The van der Waals surface area contributed by atoms with Gasteiger partial charge in [0.2, 0.25) is 5.89 Å². The van der Waals surface area contributed by atoms with E-state index in [0.29, 0.717) is 24.1 Å². The molecule has 0 aromatic carbocycles. The fourth-order valence-corrected chi connectivity index (χ4v) is 1.49. The fourth-order valence-electron chi connectivity index (χ4n) is 1.49. The van der Waals surface area contributed by atoms with Crippen molar-refractivity contribution >= 4 is 5.78 Å². The summed E-state index contributed by atoms with van der Waals surface area (Å²) in [5.74, 6) is 1.49. The highest BCUT2D eigenvalue weighted by atomic mass is 16.5. The molecule has 1 atom stereocenters. The van der Waals surface area contributed by atoms with Crippen LogP contribution in [0.25, 0.3) is 0 Å². The average Bonchev–Trinajstić information content (AvgIpc) is 2.52. The van der Waals surface area contributed by atoms with E-state index in [1.54, 1.807) is 6.92 Å². The Morgan fingerprint density at radius 1 is 1.47 bits per heavy atom. The van der Waals surface area contributed by atoms with Crippen molar-refractivity contribution in [2.75, 3.05) is 0 Å². The fraction of sp³-hybridized carbons (Fsp3) is 0.727. The molecule has 1 aromatic rings. The van der Waals surface area contributed by atoms with Gasteiger partial charge in [-0.25, -0.2) is 0 Å². The molecule has 0 N–H and O–H groups in total. The van der Waals surface area contributed by atoms with E-state index in [-0.39, 0.29) is 11.7 Å². The zero-order valence-electron chi connectivity index (χ0n) is 9.78. The van der Waals surface area contributed by atoms with Gasteiger partial charge in [-0.05, 0) is 19.3 Å². The van der Waals surface area contributed by atoms with Gasteiger partial charge in [0.25, 0.3) is 0 Å². The molecule has 0 aliphatic heterocycles. The van der Waals surface area contributed by atoms with E-state index in [1.807, 2.05) is 6.92 Å². The van der Waals surface area contributed by atoms with E-state index in [2.05, 4.69) is 24.0 Å². The number of carbonyl (C=O) groups excluding carboxylic acids is 1. The van der Waals surface area contributed by atoms with Crippen LogP contribution in [0.15, 0.2) is 4.52 Å². The largest absolute Gasteiger partial charge is 0.339 e. The Kier molecular flexibility index (Phi) is 4.00. The van der Waals surface area contributed by atoms with Crippen molar-refractivity contribution in [3.63, 3.8) is 0 Å². The summed E-state index contributed by atoms with van der Waals surface area (Å²) in [6, 6.07) is 0. The summed E-state index contributed by atoms with van der Waals surface area (Å²) in [5.41, 5.74) is 0. The molecule has 0 bridgehead atoms. The lowest BCUT2D eigenvalue weighted by molar-refractivity contribution is -0.119. The summed E-state index contributed by atoms with van der Waals surface area (Å²) in [7, 11) is 0. The van der Waals surface area contributed by atoms with Gasteiger partial charge in [-0.15, -0.1) is 0 Å². The summed E-state index contributed by atoms with van der Waals surface area (Å²) in [4.78, 5) is 15.5. The summed E-state index contributed by atoms with van der Waals surface area (Å²) in [5, 5.41) is 3.87. The third kappa shape index (κ3) is 3.15. The maximum Gasteiger partial charge on any atom is 0.237 e. The van der Waals surface area contributed by atoms with Crippen LogP contribution >= 0.6 is 0 Å². The number of ketones is 1. The van der Waals surface area contributed by atoms with Crippen molar-refractivity contribution in [1.29, 1.82) is 0 Å². The quantitative estimate of drug-likeness (QED) is 0.748. The maximum absolute atomic E-state index is 11.3. The first kappa shape index (κ1) is 11.9. The molecule has 1 rings (SSSR count). The van der Waals surface area contributed by atoms with E-state index in [4.69, 9.17) is 4.52 Å². The Morgan fingerprint density at radius 2 is 2.13 bits per heavy atom. The second-order valence-corrected chi connectivity index (χ2v) is 4.22. The van der Waals surface area contributed by atoms with Crippen LogP contribution < -0.4 is 0 Å². The molecule has 0 aliphatic rings. The highest BCUT2D eigenvalue weighted by molar-refractivity contribution is 5.82. The molecule has 84 valence electrons. The summed E-state index contributed by atoms with van der Waals surface area (Å²) in [6.45, 7) is 7.69. The first-order valence-corrected chi connectivity index (χ1v) is 5.37. The van der Waals surface area contributed by atoms with Crippen LogP contribution in [0.4, 0.5) is 0 Å². The molecule has 0 fully saturated rings. The zero-order chi connectivity index (χ0) is 11.4. The molecular weight excluding hydrogens is 192 g/mol. The number of carbonyl (C=O) groups is 1. The van der Waals surface area contributed by atoms with Crippen LogP contribution in [0.3, 0.4) is 0 Å². The molecule has 15 heavy (non-hydrogen) atoms. The molecule has 0 radical (unpaired) electrons. The van der Waals surface area contributed by atoms with Gasteiger partial charge in [-0.1, -0.05) is 25.9 Å². The summed E-state index contributed by atoms with van der Waals surface area (Å²) in [6.07, 6.45) is 1.50. The molecule has 1 aromatic heterocycles. The SMILES string of the molecule is CCC(C(C)=O)c1nc(CC(C)C)no1. The van der Waals surface area contributed by atoms with Crippen molar-refractivity contribution in [2.45, 2.75) is 46.5 Å². The van der Waals surface area contributed by atoms with Crippen molar-refractivity contribution in [1.82, 2.24) is 10.1 Å². The van der Waals surface area contributed by atoms with Gasteiger partial charge in [-0.3, -0.25) is 4.79 Å². The standard InChI is InChI=1S/C11H18N2O2/c1-5-9(8(4)14)11-12-10(13-15-11)6-7(2)3/h7,9H,5-6H2,1-4H3. The van der Waals surface area contributed by atoms with Crippen LogP contribution in [-0.2, 0) is 11.2 Å². The second kappa shape index (κ2) is 5.05. The zero-order valence-corrected chi connectivity index (χ0v) is 9.78. The minimum absolute atomic E-state index is 0.0808. The van der Waals surface area contributed by atoms with Crippen LogP contribution in [0.1, 0.15) is 51.7 Å². The highest BCUT2D eigenvalue weighted by Crippen LogP contribution is 2.19. The first-order chi connectivity index (χ1) is 7.04. The molecule has 0 saturated carbocycles. The predicted octanol–water partition coefficient (Wildman–Crippen LogP) is 2.35. The molecule has 0 amide bonds. The summed E-state index contributed by atoms with van der Waals surface area (Å²) >= 11 is 0. The molecular formula is C11H18N2O2. The molecule has 1 unspecified atom stereocenters. The number of hydrogen-bond donors (Lipinski definition) is 0. The predicted molar refractivity (Wildman–Crippen MR) is 56.6 cm³/mol. The molecule has 1 heterocycles. The van der Waals surface area contributed by atoms with Gasteiger partial charge >= 0.3 is 0 Å². The second-order valence-electron chi connectivity index (χ2n) is 4.22. The molecule has 0 aliphatic carbocycles. The highest BCUT2D eigenvalue weighted by Gasteiger charge is 2.21. The average molecular weight is 210 g/mol. The van der Waals surface area contributed by atoms with Crippen LogP contribution in [0.5, 0.6) is 0 Å². The Balaban J connectivity index is 2.78. The number of nitrogens with zero attached hydrogens (tertiary/aromatic N) is 2. The lowest BCUT2D eigenvalue weighted by Gasteiger charge is -2.03. The summed E-state index contributed by atoms with van der Waals surface area (Å²) < 4.78 is 5.10. The smallest absolute Gasteiger partial charge is 0.237 e. The topological polar surface area (TPSA) is 56.0 Å². The molecule has 4 nitrogen and oxygen atoms in total. The first-order valence-electron chi connectivity index (χ1n) is 5.37. The van der Waals surface area contributed by atoms with Crippen LogP contribution in [-0.4, -0.2) is 15.9 Å². The Labute approximate surface area is 90.1 Å². The van der Waals surface area contributed by atoms with Crippen molar-refractivity contribution in [3.05, 3.63) is 11.7 Å². The van der Waals surface area contributed by atoms with Gasteiger partial charge in [0, 0.05) is 6.42 Å². The van der Waals surface area contributed by atoms with Crippen LogP contribution in [0.2, 0.25) is 0 Å². The lowest BCUT2D eigenvalue weighted by atomic mass is 10.0. The van der Waals surface area contributed by atoms with Crippen molar-refractivity contribution < 1.29 is 9.32 Å². The van der Waals surface area contributed by atoms with E-state index in [0.717, 1.165) is 6.42 Å².